The molecule has 2 saturated heterocycles. The van der Waals surface area contributed by atoms with E-state index in [0.29, 0.717) is 10.2 Å². The predicted molar refractivity (Wildman–Crippen MR) is 90.9 cm³/mol. The molecule has 0 spiro atoms. The lowest BCUT2D eigenvalue weighted by atomic mass is 10.2. The molecule has 1 amide bonds. The van der Waals surface area contributed by atoms with Gasteiger partial charge < -0.3 is 4.90 Å². The van der Waals surface area contributed by atoms with Crippen LogP contribution < -0.4 is 4.90 Å². The fraction of sp³-hybridized carbons (Fsp3) is 0.385. The number of amidine groups is 1. The topological polar surface area (TPSA) is 66.8 Å². The molecule has 2 heterocycles. The number of hydrogen-bond donors (Lipinski definition) is 0. The van der Waals surface area contributed by atoms with Crippen LogP contribution in [0.3, 0.4) is 0 Å². The summed E-state index contributed by atoms with van der Waals surface area (Å²) in [5, 5.41) is 0.960. The van der Waals surface area contributed by atoms with Gasteiger partial charge in [0, 0.05) is 16.0 Å². The van der Waals surface area contributed by atoms with Gasteiger partial charge in [-0.1, -0.05) is 23.4 Å². The molecular formula is C13H12Cl2N2O3S2. The quantitative estimate of drug-likeness (QED) is 0.737. The van der Waals surface area contributed by atoms with Gasteiger partial charge in [0.2, 0.25) is 0 Å². The highest BCUT2D eigenvalue weighted by Crippen LogP contribution is 2.41. The standard InChI is InChI=1S/C13H12Cl2N2O3S2/c14-5-12(18)16-13-17(9-3-1-8(15)2-4-9)10-6-22(19,20)7-11(10)21-13/h1-4,10-11H,5-7H2/t10-,11-/m1/s1. The molecule has 22 heavy (non-hydrogen) atoms. The van der Waals surface area contributed by atoms with Crippen molar-refractivity contribution in [1.82, 2.24) is 0 Å². The van der Waals surface area contributed by atoms with E-state index in [9.17, 15) is 13.2 Å². The number of anilines is 1. The van der Waals surface area contributed by atoms with Crippen LogP contribution in [0.2, 0.25) is 5.02 Å². The van der Waals surface area contributed by atoms with Crippen LogP contribution in [0.1, 0.15) is 0 Å². The van der Waals surface area contributed by atoms with Gasteiger partial charge in [-0.15, -0.1) is 11.6 Å². The van der Waals surface area contributed by atoms with E-state index in [1.165, 1.54) is 11.8 Å². The van der Waals surface area contributed by atoms with E-state index < -0.39 is 15.7 Å². The largest absolute Gasteiger partial charge is 0.316 e. The smallest absolute Gasteiger partial charge is 0.262 e. The second-order valence-electron chi connectivity index (χ2n) is 5.07. The maximum atomic E-state index is 11.9. The highest BCUT2D eigenvalue weighted by Gasteiger charge is 2.49. The fourth-order valence-corrected chi connectivity index (χ4v) is 6.72. The Hall–Kier alpha value is -0.760. The molecular weight excluding hydrogens is 367 g/mol. The number of fused-ring (bicyclic) bond motifs is 1. The van der Waals surface area contributed by atoms with Crippen LogP contribution in [-0.2, 0) is 14.6 Å². The minimum atomic E-state index is -3.07. The lowest BCUT2D eigenvalue weighted by molar-refractivity contribution is -0.115. The Morgan fingerprint density at radius 1 is 1.32 bits per heavy atom. The maximum Gasteiger partial charge on any atom is 0.262 e. The van der Waals surface area contributed by atoms with E-state index in [1.54, 1.807) is 29.2 Å². The first-order valence-electron chi connectivity index (χ1n) is 6.49. The van der Waals surface area contributed by atoms with Crippen molar-refractivity contribution < 1.29 is 13.2 Å². The molecule has 2 aliphatic rings. The van der Waals surface area contributed by atoms with Crippen LogP contribution in [0.15, 0.2) is 29.3 Å². The molecule has 2 aliphatic heterocycles. The molecule has 0 radical (unpaired) electrons. The molecule has 0 bridgehead atoms. The minimum Gasteiger partial charge on any atom is -0.316 e. The van der Waals surface area contributed by atoms with Gasteiger partial charge >= 0.3 is 0 Å². The van der Waals surface area contributed by atoms with Crippen molar-refractivity contribution in [3.05, 3.63) is 29.3 Å². The zero-order valence-electron chi connectivity index (χ0n) is 11.3. The van der Waals surface area contributed by atoms with Crippen LogP contribution in [0, 0.1) is 0 Å². The molecule has 0 saturated carbocycles. The molecule has 118 valence electrons. The first-order valence-corrected chi connectivity index (χ1v) is 10.1. The third-order valence-electron chi connectivity index (χ3n) is 3.51. The Kier molecular flexibility index (Phi) is 4.42. The first kappa shape index (κ1) is 16.1. The van der Waals surface area contributed by atoms with Crippen molar-refractivity contribution in [3.8, 4) is 0 Å². The first-order chi connectivity index (χ1) is 10.4. The summed E-state index contributed by atoms with van der Waals surface area (Å²) in [6.45, 7) is 0. The Labute approximate surface area is 142 Å². The highest BCUT2D eigenvalue weighted by atomic mass is 35.5. The van der Waals surface area contributed by atoms with E-state index >= 15 is 0 Å². The van der Waals surface area contributed by atoms with Crippen molar-refractivity contribution in [3.63, 3.8) is 0 Å². The molecule has 1 aromatic rings. The van der Waals surface area contributed by atoms with Crippen LogP contribution in [0.4, 0.5) is 5.69 Å². The fourth-order valence-electron chi connectivity index (χ4n) is 2.60. The molecule has 2 atom stereocenters. The number of thioether (sulfide) groups is 1. The number of carbonyl (C=O) groups excluding carboxylic acids is 1. The van der Waals surface area contributed by atoms with Gasteiger partial charge in [-0.25, -0.2) is 8.42 Å². The Balaban J connectivity index is 2.01. The Morgan fingerprint density at radius 2 is 2.00 bits per heavy atom. The van der Waals surface area contributed by atoms with Gasteiger partial charge in [0.1, 0.15) is 5.88 Å². The van der Waals surface area contributed by atoms with Gasteiger partial charge in [-0.3, -0.25) is 4.79 Å². The molecule has 0 unspecified atom stereocenters. The van der Waals surface area contributed by atoms with E-state index in [0.717, 1.165) is 5.69 Å². The van der Waals surface area contributed by atoms with Gasteiger partial charge in [0.25, 0.3) is 5.91 Å². The summed E-state index contributed by atoms with van der Waals surface area (Å²) in [6, 6.07) is 6.80. The molecule has 0 aliphatic carbocycles. The number of aliphatic imine (C=N–C) groups is 1. The highest BCUT2D eigenvalue weighted by molar-refractivity contribution is 8.16. The van der Waals surface area contributed by atoms with E-state index in [-0.39, 0.29) is 28.7 Å². The van der Waals surface area contributed by atoms with Crippen LogP contribution >= 0.6 is 35.0 Å². The molecule has 0 aromatic heterocycles. The van der Waals surface area contributed by atoms with Gasteiger partial charge in [-0.2, -0.15) is 4.99 Å². The van der Waals surface area contributed by atoms with Gasteiger partial charge in [-0.05, 0) is 24.3 Å². The molecule has 1 aromatic carbocycles. The third kappa shape index (κ3) is 3.13. The molecule has 3 rings (SSSR count). The van der Waals surface area contributed by atoms with Crippen LogP contribution in [0.5, 0.6) is 0 Å². The van der Waals surface area contributed by atoms with E-state index in [2.05, 4.69) is 4.99 Å². The van der Waals surface area contributed by atoms with Crippen molar-refractivity contribution >= 4 is 61.6 Å². The van der Waals surface area contributed by atoms with Crippen LogP contribution in [-0.4, -0.2) is 48.2 Å². The minimum absolute atomic E-state index is 0.0569. The number of alkyl halides is 1. The maximum absolute atomic E-state index is 11.9. The summed E-state index contributed by atoms with van der Waals surface area (Å²) in [4.78, 5) is 17.4. The summed E-state index contributed by atoms with van der Waals surface area (Å²) in [7, 11) is -3.07. The number of benzene rings is 1. The normalized spacial score (nSPS) is 28.1. The predicted octanol–water partition coefficient (Wildman–Crippen LogP) is 2.18. The number of halogens is 2. The lowest BCUT2D eigenvalue weighted by Crippen LogP contribution is -2.37. The van der Waals surface area contributed by atoms with Gasteiger partial charge in [0.05, 0.1) is 17.5 Å². The molecule has 5 nitrogen and oxygen atoms in total. The van der Waals surface area contributed by atoms with Crippen molar-refractivity contribution in [1.29, 1.82) is 0 Å². The summed E-state index contributed by atoms with van der Waals surface area (Å²) in [6.07, 6.45) is 0. The molecule has 2 fully saturated rings. The van der Waals surface area contributed by atoms with Crippen LogP contribution in [0.25, 0.3) is 0 Å². The second-order valence-corrected chi connectivity index (χ2v) is 9.13. The summed E-state index contributed by atoms with van der Waals surface area (Å²) < 4.78 is 23.7. The second kappa shape index (κ2) is 6.03. The number of rotatable bonds is 2. The lowest BCUT2D eigenvalue weighted by Gasteiger charge is -2.24. The van der Waals surface area contributed by atoms with Crippen molar-refractivity contribution in [2.45, 2.75) is 11.3 Å². The van der Waals surface area contributed by atoms with E-state index in [4.69, 9.17) is 23.2 Å². The average Bonchev–Trinajstić information content (AvgIpc) is 2.91. The Morgan fingerprint density at radius 3 is 2.64 bits per heavy atom. The number of carbonyl (C=O) groups is 1. The summed E-state index contributed by atoms with van der Waals surface area (Å²) in [5.74, 6) is -0.487. The molecule has 0 N–H and O–H groups in total. The van der Waals surface area contributed by atoms with Crippen molar-refractivity contribution in [2.75, 3.05) is 22.3 Å². The average molecular weight is 379 g/mol. The van der Waals surface area contributed by atoms with E-state index in [1.807, 2.05) is 0 Å². The third-order valence-corrected chi connectivity index (χ3v) is 7.20. The van der Waals surface area contributed by atoms with Crippen molar-refractivity contribution in [2.24, 2.45) is 4.99 Å². The zero-order valence-corrected chi connectivity index (χ0v) is 14.4. The summed E-state index contributed by atoms with van der Waals surface area (Å²) in [5.41, 5.74) is 0.766. The summed E-state index contributed by atoms with van der Waals surface area (Å²) >= 11 is 12.7. The Bertz CT molecular complexity index is 734. The number of sulfone groups is 1. The SMILES string of the molecule is O=C(CCl)N=C1S[C@@H]2CS(=O)(=O)C[C@H]2N1c1ccc(Cl)cc1. The number of amides is 1. The zero-order chi connectivity index (χ0) is 15.9. The monoisotopic (exact) mass is 378 g/mol. The number of hydrogen-bond acceptors (Lipinski definition) is 4. The number of nitrogens with zero attached hydrogens (tertiary/aromatic N) is 2. The van der Waals surface area contributed by atoms with Gasteiger partial charge in [0.15, 0.2) is 15.0 Å². The molecule has 9 heteroatoms.